The number of hydrogen-bond acceptors (Lipinski definition) is 2. The molecule has 1 unspecified atom stereocenters. The standard InChI is InChI=1S/C14H13BrO2/c15-13-8-4-7-12(9-13)14(17,10-16)11-5-2-1-3-6-11/h1-9,16-17H,10H2. The second-order valence-electron chi connectivity index (χ2n) is 3.89. The van der Waals surface area contributed by atoms with E-state index in [4.69, 9.17) is 0 Å². The minimum Gasteiger partial charge on any atom is -0.393 e. The molecule has 0 saturated carbocycles. The van der Waals surface area contributed by atoms with E-state index in [2.05, 4.69) is 15.9 Å². The fraction of sp³-hybridized carbons (Fsp3) is 0.143. The minimum atomic E-state index is -1.36. The van der Waals surface area contributed by atoms with Crippen molar-refractivity contribution in [2.45, 2.75) is 5.60 Å². The van der Waals surface area contributed by atoms with Crippen molar-refractivity contribution in [2.24, 2.45) is 0 Å². The molecule has 88 valence electrons. The molecule has 2 N–H and O–H groups in total. The van der Waals surface area contributed by atoms with Gasteiger partial charge in [-0.3, -0.25) is 0 Å². The van der Waals surface area contributed by atoms with E-state index in [1.54, 1.807) is 18.2 Å². The van der Waals surface area contributed by atoms with Crippen molar-refractivity contribution >= 4 is 15.9 Å². The fourth-order valence-corrected chi connectivity index (χ4v) is 2.21. The maximum Gasteiger partial charge on any atom is 0.138 e. The van der Waals surface area contributed by atoms with Crippen molar-refractivity contribution in [1.82, 2.24) is 0 Å². The van der Waals surface area contributed by atoms with E-state index in [0.717, 1.165) is 4.47 Å². The molecule has 2 aromatic carbocycles. The van der Waals surface area contributed by atoms with Gasteiger partial charge in [0.25, 0.3) is 0 Å². The molecule has 2 rings (SSSR count). The normalized spacial score (nSPS) is 14.3. The van der Waals surface area contributed by atoms with Crippen molar-refractivity contribution in [3.8, 4) is 0 Å². The highest BCUT2D eigenvalue weighted by molar-refractivity contribution is 9.10. The largest absolute Gasteiger partial charge is 0.393 e. The number of benzene rings is 2. The fourth-order valence-electron chi connectivity index (χ4n) is 1.81. The van der Waals surface area contributed by atoms with Gasteiger partial charge in [-0.2, -0.15) is 0 Å². The first-order valence-electron chi connectivity index (χ1n) is 5.31. The molecule has 0 saturated heterocycles. The van der Waals surface area contributed by atoms with Gasteiger partial charge in [0, 0.05) is 4.47 Å². The second kappa shape index (κ2) is 5.00. The molecule has 17 heavy (non-hydrogen) atoms. The Kier molecular flexibility index (Phi) is 3.62. The number of aliphatic hydroxyl groups is 2. The third kappa shape index (κ3) is 2.41. The van der Waals surface area contributed by atoms with Gasteiger partial charge in [-0.25, -0.2) is 0 Å². The molecule has 2 nitrogen and oxygen atoms in total. The van der Waals surface area contributed by atoms with E-state index in [9.17, 15) is 10.2 Å². The van der Waals surface area contributed by atoms with Crippen molar-refractivity contribution in [3.05, 3.63) is 70.2 Å². The quantitative estimate of drug-likeness (QED) is 0.913. The Hall–Kier alpha value is -1.16. The summed E-state index contributed by atoms with van der Waals surface area (Å²) in [6, 6.07) is 16.5. The van der Waals surface area contributed by atoms with Gasteiger partial charge >= 0.3 is 0 Å². The monoisotopic (exact) mass is 292 g/mol. The average Bonchev–Trinajstić information content (AvgIpc) is 2.39. The molecule has 0 fully saturated rings. The molecule has 0 aliphatic heterocycles. The first kappa shape index (κ1) is 12.3. The second-order valence-corrected chi connectivity index (χ2v) is 4.81. The Balaban J connectivity index is 2.52. The Bertz CT molecular complexity index is 499. The summed E-state index contributed by atoms with van der Waals surface area (Å²) in [5.74, 6) is 0. The average molecular weight is 293 g/mol. The van der Waals surface area contributed by atoms with Crippen LogP contribution in [0.25, 0.3) is 0 Å². The van der Waals surface area contributed by atoms with Crippen LogP contribution in [0.1, 0.15) is 11.1 Å². The lowest BCUT2D eigenvalue weighted by Gasteiger charge is -2.27. The highest BCUT2D eigenvalue weighted by atomic mass is 79.9. The van der Waals surface area contributed by atoms with E-state index in [1.807, 2.05) is 36.4 Å². The van der Waals surface area contributed by atoms with Gasteiger partial charge in [0.15, 0.2) is 0 Å². The molecule has 0 bridgehead atoms. The van der Waals surface area contributed by atoms with Crippen LogP contribution in [-0.4, -0.2) is 16.8 Å². The summed E-state index contributed by atoms with van der Waals surface area (Å²) in [6.45, 7) is -0.354. The van der Waals surface area contributed by atoms with Crippen LogP contribution >= 0.6 is 15.9 Å². The topological polar surface area (TPSA) is 40.5 Å². The lowest BCUT2D eigenvalue weighted by molar-refractivity contribution is 0.0172. The molecule has 0 aliphatic carbocycles. The van der Waals surface area contributed by atoms with Gasteiger partial charge in [-0.15, -0.1) is 0 Å². The van der Waals surface area contributed by atoms with Gasteiger partial charge in [-0.05, 0) is 23.3 Å². The van der Waals surface area contributed by atoms with Crippen LogP contribution in [0, 0.1) is 0 Å². The van der Waals surface area contributed by atoms with Crippen LogP contribution in [0.5, 0.6) is 0 Å². The van der Waals surface area contributed by atoms with Crippen LogP contribution in [0.2, 0.25) is 0 Å². The van der Waals surface area contributed by atoms with E-state index in [0.29, 0.717) is 11.1 Å². The molecule has 0 heterocycles. The first-order chi connectivity index (χ1) is 8.16. The van der Waals surface area contributed by atoms with Gasteiger partial charge in [0.05, 0.1) is 6.61 Å². The van der Waals surface area contributed by atoms with E-state index >= 15 is 0 Å². The first-order valence-corrected chi connectivity index (χ1v) is 6.11. The lowest BCUT2D eigenvalue weighted by atomic mass is 9.87. The summed E-state index contributed by atoms with van der Waals surface area (Å²) >= 11 is 3.36. The number of hydrogen-bond donors (Lipinski definition) is 2. The zero-order valence-corrected chi connectivity index (χ0v) is 10.8. The number of rotatable bonds is 3. The van der Waals surface area contributed by atoms with Crippen LogP contribution in [0.4, 0.5) is 0 Å². The van der Waals surface area contributed by atoms with E-state index in [-0.39, 0.29) is 6.61 Å². The summed E-state index contributed by atoms with van der Waals surface area (Å²) in [4.78, 5) is 0. The summed E-state index contributed by atoms with van der Waals surface area (Å²) in [7, 11) is 0. The zero-order chi connectivity index (χ0) is 12.3. The predicted octanol–water partition coefficient (Wildman–Crippen LogP) is 2.68. The number of halogens is 1. The summed E-state index contributed by atoms with van der Waals surface area (Å²) < 4.78 is 0.873. The molecule has 0 spiro atoms. The molecule has 3 heteroatoms. The summed E-state index contributed by atoms with van der Waals surface area (Å²) in [5.41, 5.74) is -0.00780. The van der Waals surface area contributed by atoms with Crippen LogP contribution in [0.3, 0.4) is 0 Å². The summed E-state index contributed by atoms with van der Waals surface area (Å²) in [6.07, 6.45) is 0. The Morgan fingerprint density at radius 3 is 2.18 bits per heavy atom. The predicted molar refractivity (Wildman–Crippen MR) is 70.7 cm³/mol. The lowest BCUT2D eigenvalue weighted by Crippen LogP contribution is -2.31. The molecule has 1 atom stereocenters. The third-order valence-electron chi connectivity index (χ3n) is 2.78. The van der Waals surface area contributed by atoms with Crippen LogP contribution < -0.4 is 0 Å². The highest BCUT2D eigenvalue weighted by Crippen LogP contribution is 2.30. The van der Waals surface area contributed by atoms with Crippen LogP contribution in [-0.2, 0) is 5.60 Å². The van der Waals surface area contributed by atoms with Gasteiger partial charge in [0.1, 0.15) is 5.60 Å². The molecule has 0 aliphatic rings. The third-order valence-corrected chi connectivity index (χ3v) is 3.28. The van der Waals surface area contributed by atoms with Crippen molar-refractivity contribution in [1.29, 1.82) is 0 Å². The van der Waals surface area contributed by atoms with Crippen molar-refractivity contribution in [3.63, 3.8) is 0 Å². The maximum atomic E-state index is 10.6. The smallest absolute Gasteiger partial charge is 0.138 e. The molecule has 2 aromatic rings. The Morgan fingerprint density at radius 1 is 0.941 bits per heavy atom. The highest BCUT2D eigenvalue weighted by Gasteiger charge is 2.30. The Labute approximate surface area is 109 Å². The molecule has 0 amide bonds. The van der Waals surface area contributed by atoms with Crippen molar-refractivity contribution in [2.75, 3.05) is 6.61 Å². The van der Waals surface area contributed by atoms with Crippen LogP contribution in [0.15, 0.2) is 59.1 Å². The van der Waals surface area contributed by atoms with Gasteiger partial charge in [-0.1, -0.05) is 58.4 Å². The molecule has 0 radical (unpaired) electrons. The summed E-state index contributed by atoms with van der Waals surface area (Å²) in [5, 5.41) is 20.1. The van der Waals surface area contributed by atoms with Crippen molar-refractivity contribution < 1.29 is 10.2 Å². The Morgan fingerprint density at radius 2 is 1.59 bits per heavy atom. The maximum absolute atomic E-state index is 10.6. The minimum absolute atomic E-state index is 0.354. The van der Waals surface area contributed by atoms with Gasteiger partial charge in [0.2, 0.25) is 0 Å². The number of aliphatic hydroxyl groups excluding tert-OH is 1. The zero-order valence-electron chi connectivity index (χ0n) is 9.18. The molecular formula is C14H13BrO2. The molecule has 0 aromatic heterocycles. The van der Waals surface area contributed by atoms with Gasteiger partial charge < -0.3 is 10.2 Å². The van der Waals surface area contributed by atoms with E-state index < -0.39 is 5.60 Å². The SMILES string of the molecule is OCC(O)(c1ccccc1)c1cccc(Br)c1. The molecular weight excluding hydrogens is 280 g/mol. The van der Waals surface area contributed by atoms with E-state index in [1.165, 1.54) is 0 Å².